The molecule has 1 aromatic rings. The topological polar surface area (TPSA) is 64.3 Å². The smallest absolute Gasteiger partial charge is 0.340 e. The number of methoxy groups -OCH3 is 1. The fourth-order valence-electron chi connectivity index (χ4n) is 2.45. The number of nitrogens with two attached hydrogens (primary N) is 1. The minimum atomic E-state index is -0.389. The van der Waals surface area contributed by atoms with Crippen molar-refractivity contribution in [3.05, 3.63) is 23.8 Å². The van der Waals surface area contributed by atoms with E-state index in [0.717, 1.165) is 5.69 Å². The van der Waals surface area contributed by atoms with E-state index in [-0.39, 0.29) is 5.97 Å². The van der Waals surface area contributed by atoms with Gasteiger partial charge in [-0.1, -0.05) is 25.3 Å². The predicted molar refractivity (Wildman–Crippen MR) is 72.7 cm³/mol. The molecule has 0 amide bonds. The van der Waals surface area contributed by atoms with Gasteiger partial charge in [-0.05, 0) is 25.0 Å². The van der Waals surface area contributed by atoms with Crippen LogP contribution in [-0.4, -0.2) is 19.1 Å². The molecule has 0 aromatic heterocycles. The molecule has 0 bridgehead atoms. The average Bonchev–Trinajstić information content (AvgIpc) is 2.41. The third-order valence-electron chi connectivity index (χ3n) is 3.48. The lowest BCUT2D eigenvalue weighted by atomic mass is 9.95. The van der Waals surface area contributed by atoms with Gasteiger partial charge in [0.1, 0.15) is 0 Å². The number of nitrogen functional groups attached to an aromatic ring is 1. The van der Waals surface area contributed by atoms with Crippen LogP contribution in [-0.2, 0) is 4.74 Å². The van der Waals surface area contributed by atoms with Gasteiger partial charge in [-0.2, -0.15) is 0 Å². The fourth-order valence-corrected chi connectivity index (χ4v) is 2.45. The number of para-hydroxylation sites is 1. The Morgan fingerprint density at radius 1 is 1.33 bits per heavy atom. The lowest BCUT2D eigenvalue weighted by Crippen LogP contribution is -2.23. The van der Waals surface area contributed by atoms with Gasteiger partial charge in [0.05, 0.1) is 24.0 Å². The third-order valence-corrected chi connectivity index (χ3v) is 3.48. The van der Waals surface area contributed by atoms with Gasteiger partial charge in [-0.25, -0.2) is 4.79 Å². The van der Waals surface area contributed by atoms with Crippen LogP contribution in [0.1, 0.15) is 42.5 Å². The highest BCUT2D eigenvalue weighted by Gasteiger charge is 2.17. The van der Waals surface area contributed by atoms with Crippen LogP contribution >= 0.6 is 0 Å². The van der Waals surface area contributed by atoms with Gasteiger partial charge < -0.3 is 15.8 Å². The highest BCUT2D eigenvalue weighted by atomic mass is 16.5. The molecule has 0 spiro atoms. The zero-order valence-corrected chi connectivity index (χ0v) is 10.7. The van der Waals surface area contributed by atoms with Crippen molar-refractivity contribution in [2.75, 3.05) is 18.2 Å². The molecule has 0 heterocycles. The number of ether oxygens (including phenoxy) is 1. The molecule has 0 aliphatic heterocycles. The minimum Gasteiger partial charge on any atom is -0.465 e. The van der Waals surface area contributed by atoms with E-state index in [2.05, 4.69) is 5.32 Å². The summed E-state index contributed by atoms with van der Waals surface area (Å²) < 4.78 is 4.72. The number of carbonyl (C=O) groups is 1. The molecule has 4 nitrogen and oxygen atoms in total. The molecule has 0 unspecified atom stereocenters. The third kappa shape index (κ3) is 2.75. The second kappa shape index (κ2) is 5.76. The quantitative estimate of drug-likeness (QED) is 0.637. The Morgan fingerprint density at radius 3 is 2.72 bits per heavy atom. The van der Waals surface area contributed by atoms with Gasteiger partial charge in [0.15, 0.2) is 0 Å². The number of anilines is 2. The van der Waals surface area contributed by atoms with Gasteiger partial charge in [0.25, 0.3) is 0 Å². The number of hydrogen-bond donors (Lipinski definition) is 2. The summed E-state index contributed by atoms with van der Waals surface area (Å²) in [6, 6.07) is 5.89. The zero-order chi connectivity index (χ0) is 13.0. The van der Waals surface area contributed by atoms with E-state index in [1.54, 1.807) is 6.07 Å². The normalized spacial score (nSPS) is 16.3. The molecule has 3 N–H and O–H groups in total. The number of benzene rings is 1. The molecule has 0 saturated heterocycles. The molecule has 4 heteroatoms. The highest BCUT2D eigenvalue weighted by Crippen LogP contribution is 2.27. The molecule has 1 aliphatic rings. The number of rotatable bonds is 3. The van der Waals surface area contributed by atoms with Crippen LogP contribution in [0.25, 0.3) is 0 Å². The van der Waals surface area contributed by atoms with E-state index < -0.39 is 0 Å². The van der Waals surface area contributed by atoms with Crippen molar-refractivity contribution in [1.29, 1.82) is 0 Å². The molecule has 18 heavy (non-hydrogen) atoms. The summed E-state index contributed by atoms with van der Waals surface area (Å²) in [4.78, 5) is 11.5. The Labute approximate surface area is 108 Å². The van der Waals surface area contributed by atoms with E-state index in [4.69, 9.17) is 10.5 Å². The first kappa shape index (κ1) is 12.7. The molecular weight excluding hydrogens is 228 g/mol. The Kier molecular flexibility index (Phi) is 4.07. The van der Waals surface area contributed by atoms with Crippen LogP contribution in [0.3, 0.4) is 0 Å². The van der Waals surface area contributed by atoms with Crippen molar-refractivity contribution in [3.63, 3.8) is 0 Å². The second-order valence-corrected chi connectivity index (χ2v) is 4.74. The summed E-state index contributed by atoms with van der Waals surface area (Å²) in [5.41, 5.74) is 7.76. The number of carbonyl (C=O) groups excluding carboxylic acids is 1. The SMILES string of the molecule is COC(=O)c1cccc(NC2CCCCC2)c1N. The van der Waals surface area contributed by atoms with Crippen molar-refractivity contribution in [2.24, 2.45) is 0 Å². The lowest BCUT2D eigenvalue weighted by molar-refractivity contribution is 0.0602. The number of esters is 1. The molecule has 1 aliphatic carbocycles. The van der Waals surface area contributed by atoms with Gasteiger partial charge in [0, 0.05) is 6.04 Å². The van der Waals surface area contributed by atoms with Crippen molar-refractivity contribution in [2.45, 2.75) is 38.1 Å². The first-order valence-electron chi connectivity index (χ1n) is 6.45. The minimum absolute atomic E-state index is 0.389. The maximum Gasteiger partial charge on any atom is 0.340 e. The van der Waals surface area contributed by atoms with Crippen LogP contribution in [0, 0.1) is 0 Å². The van der Waals surface area contributed by atoms with Gasteiger partial charge in [-0.3, -0.25) is 0 Å². The summed E-state index contributed by atoms with van der Waals surface area (Å²) >= 11 is 0. The maximum absolute atomic E-state index is 11.5. The van der Waals surface area contributed by atoms with E-state index in [0.29, 0.717) is 17.3 Å². The van der Waals surface area contributed by atoms with Crippen LogP contribution in [0.4, 0.5) is 11.4 Å². The standard InChI is InChI=1S/C14H20N2O2/c1-18-14(17)11-8-5-9-12(13(11)15)16-10-6-3-2-4-7-10/h5,8-10,16H,2-4,6-7,15H2,1H3. The summed E-state index contributed by atoms with van der Waals surface area (Å²) in [5, 5.41) is 3.44. The summed E-state index contributed by atoms with van der Waals surface area (Å²) in [5.74, 6) is -0.389. The average molecular weight is 248 g/mol. The largest absolute Gasteiger partial charge is 0.465 e. The van der Waals surface area contributed by atoms with Crippen molar-refractivity contribution in [3.8, 4) is 0 Å². The zero-order valence-electron chi connectivity index (χ0n) is 10.7. The summed E-state index contributed by atoms with van der Waals surface area (Å²) in [6.45, 7) is 0. The lowest BCUT2D eigenvalue weighted by Gasteiger charge is -2.25. The maximum atomic E-state index is 11.5. The van der Waals surface area contributed by atoms with Gasteiger partial charge in [0.2, 0.25) is 0 Å². The molecule has 98 valence electrons. The van der Waals surface area contributed by atoms with Crippen LogP contribution in [0.15, 0.2) is 18.2 Å². The Bertz CT molecular complexity index is 426. The second-order valence-electron chi connectivity index (χ2n) is 4.74. The number of hydrogen-bond acceptors (Lipinski definition) is 4. The van der Waals surface area contributed by atoms with Gasteiger partial charge >= 0.3 is 5.97 Å². The Hall–Kier alpha value is -1.71. The predicted octanol–water partition coefficient (Wildman–Crippen LogP) is 2.80. The monoisotopic (exact) mass is 248 g/mol. The molecule has 1 saturated carbocycles. The van der Waals surface area contributed by atoms with Crippen LogP contribution < -0.4 is 11.1 Å². The van der Waals surface area contributed by atoms with Crippen molar-refractivity contribution < 1.29 is 9.53 Å². The molecule has 1 aromatic carbocycles. The van der Waals surface area contributed by atoms with Crippen molar-refractivity contribution >= 4 is 17.3 Å². The first-order valence-corrected chi connectivity index (χ1v) is 6.45. The fraction of sp³-hybridized carbons (Fsp3) is 0.500. The van der Waals surface area contributed by atoms with Crippen LogP contribution in [0.2, 0.25) is 0 Å². The van der Waals surface area contributed by atoms with Gasteiger partial charge in [-0.15, -0.1) is 0 Å². The van der Waals surface area contributed by atoms with E-state index >= 15 is 0 Å². The summed E-state index contributed by atoms with van der Waals surface area (Å²) in [6.07, 6.45) is 6.17. The molecule has 2 rings (SSSR count). The molecule has 0 atom stereocenters. The molecule has 0 radical (unpaired) electrons. The number of nitrogens with one attached hydrogen (secondary N) is 1. The van der Waals surface area contributed by atoms with Crippen molar-refractivity contribution in [1.82, 2.24) is 0 Å². The first-order chi connectivity index (χ1) is 8.72. The van der Waals surface area contributed by atoms with E-state index in [1.807, 2.05) is 12.1 Å². The van der Waals surface area contributed by atoms with Crippen LogP contribution in [0.5, 0.6) is 0 Å². The Morgan fingerprint density at radius 2 is 2.06 bits per heavy atom. The summed E-state index contributed by atoms with van der Waals surface area (Å²) in [7, 11) is 1.36. The molecule has 1 fully saturated rings. The molecular formula is C14H20N2O2. The van der Waals surface area contributed by atoms with E-state index in [9.17, 15) is 4.79 Å². The van der Waals surface area contributed by atoms with E-state index in [1.165, 1.54) is 39.2 Å². The Balaban J connectivity index is 2.15. The highest BCUT2D eigenvalue weighted by molar-refractivity contribution is 5.98.